The van der Waals surface area contributed by atoms with Gasteiger partial charge in [-0.15, -0.1) is 0 Å². The van der Waals surface area contributed by atoms with Gasteiger partial charge in [-0.3, -0.25) is 4.79 Å². The molecule has 1 heterocycles. The van der Waals surface area contributed by atoms with Crippen molar-refractivity contribution in [2.24, 2.45) is 5.10 Å². The molecule has 15 heavy (non-hydrogen) atoms. The lowest BCUT2D eigenvalue weighted by Gasteiger charge is -2.13. The number of hydrogen-bond acceptors (Lipinski definition) is 3. The van der Waals surface area contributed by atoms with Gasteiger partial charge < -0.3 is 5.11 Å². The first-order valence-electron chi connectivity index (χ1n) is 4.82. The largest absolute Gasteiger partial charge is 0.507 e. The van der Waals surface area contributed by atoms with Crippen molar-refractivity contribution < 1.29 is 9.90 Å². The molecule has 0 aromatic heterocycles. The number of amides is 1. The molecule has 2 rings (SSSR count). The van der Waals surface area contributed by atoms with Gasteiger partial charge in [0.25, 0.3) is 0 Å². The Bertz CT molecular complexity index is 438. The molecule has 4 nitrogen and oxygen atoms in total. The second kappa shape index (κ2) is 3.73. The highest BCUT2D eigenvalue weighted by Crippen LogP contribution is 2.21. The molecule has 0 unspecified atom stereocenters. The maximum absolute atomic E-state index is 10.9. The first kappa shape index (κ1) is 9.71. The molecule has 0 spiro atoms. The molecular formula is C11H12N2O2. The van der Waals surface area contributed by atoms with Gasteiger partial charge in [0.2, 0.25) is 5.91 Å². The number of hydrazone groups is 1. The number of benzene rings is 1. The molecular weight excluding hydrogens is 192 g/mol. The van der Waals surface area contributed by atoms with Crippen molar-refractivity contribution in [1.82, 2.24) is 5.43 Å². The first-order chi connectivity index (χ1) is 7.16. The van der Waals surface area contributed by atoms with Crippen LogP contribution in [0.1, 0.15) is 24.0 Å². The highest BCUT2D eigenvalue weighted by Gasteiger charge is 2.15. The molecule has 0 atom stereocenters. The van der Waals surface area contributed by atoms with Gasteiger partial charge in [-0.25, -0.2) is 5.43 Å². The average Bonchev–Trinajstić information content (AvgIpc) is 2.20. The van der Waals surface area contributed by atoms with Gasteiger partial charge in [-0.1, -0.05) is 6.07 Å². The summed E-state index contributed by atoms with van der Waals surface area (Å²) in [6.45, 7) is 1.91. The molecule has 0 saturated carbocycles. The molecule has 1 aromatic carbocycles. The molecule has 78 valence electrons. The lowest BCUT2D eigenvalue weighted by atomic mass is 10.0. The van der Waals surface area contributed by atoms with E-state index >= 15 is 0 Å². The Morgan fingerprint density at radius 2 is 2.20 bits per heavy atom. The Balaban J connectivity index is 2.34. The SMILES string of the molecule is Cc1ccc(C2=NNC(=O)CC2)c(O)c1. The van der Waals surface area contributed by atoms with E-state index < -0.39 is 0 Å². The number of nitrogens with zero attached hydrogens (tertiary/aromatic N) is 1. The summed E-state index contributed by atoms with van der Waals surface area (Å²) in [4.78, 5) is 10.9. The minimum absolute atomic E-state index is 0.0784. The van der Waals surface area contributed by atoms with E-state index in [0.29, 0.717) is 18.4 Å². The lowest BCUT2D eigenvalue weighted by Crippen LogP contribution is -2.25. The summed E-state index contributed by atoms with van der Waals surface area (Å²) in [6.07, 6.45) is 0.995. The van der Waals surface area contributed by atoms with E-state index in [1.165, 1.54) is 0 Å². The van der Waals surface area contributed by atoms with Crippen LogP contribution in [0.5, 0.6) is 5.75 Å². The molecule has 2 N–H and O–H groups in total. The van der Waals surface area contributed by atoms with E-state index in [-0.39, 0.29) is 11.7 Å². The fourth-order valence-electron chi connectivity index (χ4n) is 1.55. The molecule has 0 fully saturated rings. The molecule has 1 aliphatic rings. The predicted molar refractivity (Wildman–Crippen MR) is 56.8 cm³/mol. The second-order valence-corrected chi connectivity index (χ2v) is 3.61. The minimum atomic E-state index is -0.0784. The van der Waals surface area contributed by atoms with Gasteiger partial charge in [0.05, 0.1) is 5.71 Å². The molecule has 0 bridgehead atoms. The third-order valence-corrected chi connectivity index (χ3v) is 2.37. The summed E-state index contributed by atoms with van der Waals surface area (Å²) < 4.78 is 0. The maximum atomic E-state index is 10.9. The molecule has 0 saturated heterocycles. The van der Waals surface area contributed by atoms with Gasteiger partial charge in [0.15, 0.2) is 0 Å². The zero-order chi connectivity index (χ0) is 10.8. The van der Waals surface area contributed by atoms with Crippen LogP contribution in [0.15, 0.2) is 23.3 Å². The van der Waals surface area contributed by atoms with E-state index in [2.05, 4.69) is 10.5 Å². The van der Waals surface area contributed by atoms with Crippen molar-refractivity contribution >= 4 is 11.6 Å². The molecule has 4 heteroatoms. The number of phenolic OH excluding ortho intramolecular Hbond substituents is 1. The Kier molecular flexibility index (Phi) is 2.41. The normalized spacial score (nSPS) is 15.8. The molecule has 1 aliphatic heterocycles. The van der Waals surface area contributed by atoms with Crippen molar-refractivity contribution in [2.45, 2.75) is 19.8 Å². The molecule has 0 aliphatic carbocycles. The number of nitrogens with one attached hydrogen (secondary N) is 1. The maximum Gasteiger partial charge on any atom is 0.240 e. The molecule has 1 amide bonds. The highest BCUT2D eigenvalue weighted by atomic mass is 16.3. The van der Waals surface area contributed by atoms with E-state index in [0.717, 1.165) is 11.3 Å². The van der Waals surface area contributed by atoms with Crippen LogP contribution in [0.25, 0.3) is 0 Å². The number of carbonyl (C=O) groups is 1. The van der Waals surface area contributed by atoms with Crippen LogP contribution in [-0.4, -0.2) is 16.7 Å². The van der Waals surface area contributed by atoms with Crippen LogP contribution in [0.4, 0.5) is 0 Å². The number of carbonyl (C=O) groups excluding carboxylic acids is 1. The molecule has 1 aromatic rings. The predicted octanol–water partition coefficient (Wildman–Crippen LogP) is 1.31. The zero-order valence-corrected chi connectivity index (χ0v) is 8.45. The number of aromatic hydroxyl groups is 1. The Morgan fingerprint density at radius 1 is 1.40 bits per heavy atom. The lowest BCUT2D eigenvalue weighted by molar-refractivity contribution is -0.121. The Hall–Kier alpha value is -1.84. The molecule has 0 radical (unpaired) electrons. The third-order valence-electron chi connectivity index (χ3n) is 2.37. The van der Waals surface area contributed by atoms with Gasteiger partial charge in [-0.05, 0) is 24.6 Å². The minimum Gasteiger partial charge on any atom is -0.507 e. The fourth-order valence-corrected chi connectivity index (χ4v) is 1.55. The summed E-state index contributed by atoms with van der Waals surface area (Å²) in [5.41, 5.74) is 4.83. The number of rotatable bonds is 1. The van der Waals surface area contributed by atoms with Crippen molar-refractivity contribution in [3.8, 4) is 5.75 Å². The van der Waals surface area contributed by atoms with Gasteiger partial charge in [0, 0.05) is 18.4 Å². The van der Waals surface area contributed by atoms with E-state index in [9.17, 15) is 9.90 Å². The number of phenols is 1. The number of aryl methyl sites for hydroxylation is 1. The van der Waals surface area contributed by atoms with Crippen molar-refractivity contribution in [3.63, 3.8) is 0 Å². The van der Waals surface area contributed by atoms with Crippen molar-refractivity contribution in [1.29, 1.82) is 0 Å². The van der Waals surface area contributed by atoms with Gasteiger partial charge in [0.1, 0.15) is 5.75 Å². The summed E-state index contributed by atoms with van der Waals surface area (Å²) >= 11 is 0. The summed E-state index contributed by atoms with van der Waals surface area (Å²) in [7, 11) is 0. The van der Waals surface area contributed by atoms with Gasteiger partial charge >= 0.3 is 0 Å². The Morgan fingerprint density at radius 3 is 2.80 bits per heavy atom. The fraction of sp³-hybridized carbons (Fsp3) is 0.273. The quantitative estimate of drug-likeness (QED) is 0.724. The summed E-state index contributed by atoms with van der Waals surface area (Å²) in [5.74, 6) is 0.134. The zero-order valence-electron chi connectivity index (χ0n) is 8.45. The van der Waals surface area contributed by atoms with Crippen LogP contribution in [0, 0.1) is 6.92 Å². The van der Waals surface area contributed by atoms with E-state index in [1.54, 1.807) is 6.07 Å². The summed E-state index contributed by atoms with van der Waals surface area (Å²) in [5, 5.41) is 13.6. The summed E-state index contributed by atoms with van der Waals surface area (Å²) in [6, 6.07) is 5.42. The average molecular weight is 204 g/mol. The van der Waals surface area contributed by atoms with E-state index in [4.69, 9.17) is 0 Å². The Labute approximate surface area is 87.6 Å². The number of hydrogen-bond donors (Lipinski definition) is 2. The smallest absolute Gasteiger partial charge is 0.240 e. The van der Waals surface area contributed by atoms with Crippen molar-refractivity contribution in [3.05, 3.63) is 29.3 Å². The van der Waals surface area contributed by atoms with Crippen molar-refractivity contribution in [2.75, 3.05) is 0 Å². The first-order valence-corrected chi connectivity index (χ1v) is 4.82. The van der Waals surface area contributed by atoms with Crippen LogP contribution in [-0.2, 0) is 4.79 Å². The standard InChI is InChI=1S/C11H12N2O2/c1-7-2-3-8(10(14)6-7)9-4-5-11(15)13-12-9/h2-3,6,14H,4-5H2,1H3,(H,13,15). The van der Waals surface area contributed by atoms with Crippen LogP contribution < -0.4 is 5.43 Å². The topological polar surface area (TPSA) is 61.7 Å². The third kappa shape index (κ3) is 1.98. The van der Waals surface area contributed by atoms with Crippen LogP contribution in [0.2, 0.25) is 0 Å². The van der Waals surface area contributed by atoms with Gasteiger partial charge in [-0.2, -0.15) is 5.10 Å². The van der Waals surface area contributed by atoms with Crippen LogP contribution in [0.3, 0.4) is 0 Å². The second-order valence-electron chi connectivity index (χ2n) is 3.61. The highest BCUT2D eigenvalue weighted by molar-refractivity contribution is 6.05. The monoisotopic (exact) mass is 204 g/mol. The van der Waals surface area contributed by atoms with E-state index in [1.807, 2.05) is 19.1 Å². The van der Waals surface area contributed by atoms with Crippen LogP contribution >= 0.6 is 0 Å².